The van der Waals surface area contributed by atoms with Gasteiger partial charge in [-0.2, -0.15) is 0 Å². The van der Waals surface area contributed by atoms with Gasteiger partial charge >= 0.3 is 5.97 Å². The summed E-state index contributed by atoms with van der Waals surface area (Å²) in [4.78, 5) is 24.6. The molecular weight excluding hydrogens is 292 g/mol. The number of amides is 1. The maximum absolute atomic E-state index is 12.3. The topological polar surface area (TPSA) is 67.4 Å². The number of hydrogen-bond acceptors (Lipinski definition) is 4. The van der Waals surface area contributed by atoms with E-state index in [1.807, 2.05) is 44.2 Å². The Morgan fingerprint density at radius 2 is 2.04 bits per heavy atom. The quantitative estimate of drug-likeness (QED) is 0.755. The van der Waals surface area contributed by atoms with Crippen molar-refractivity contribution in [1.82, 2.24) is 10.6 Å². The Hall–Kier alpha value is -1.88. The summed E-state index contributed by atoms with van der Waals surface area (Å²) in [5.41, 5.74) is 0.938. The molecule has 23 heavy (non-hydrogen) atoms. The molecule has 0 radical (unpaired) electrons. The van der Waals surface area contributed by atoms with Gasteiger partial charge in [0.25, 0.3) is 0 Å². The first-order chi connectivity index (χ1) is 11.1. The van der Waals surface area contributed by atoms with Gasteiger partial charge in [-0.25, -0.2) is 4.79 Å². The summed E-state index contributed by atoms with van der Waals surface area (Å²) < 4.78 is 5.38. The Morgan fingerprint density at radius 3 is 2.65 bits per heavy atom. The number of esters is 1. The van der Waals surface area contributed by atoms with Crippen LogP contribution in [0.2, 0.25) is 0 Å². The Labute approximate surface area is 137 Å². The third kappa shape index (κ3) is 5.67. The maximum atomic E-state index is 12.3. The Morgan fingerprint density at radius 1 is 1.30 bits per heavy atom. The van der Waals surface area contributed by atoms with E-state index >= 15 is 0 Å². The molecule has 0 spiro atoms. The fourth-order valence-corrected chi connectivity index (χ4v) is 2.70. The number of nitrogens with one attached hydrogen (secondary N) is 2. The first-order valence-electron chi connectivity index (χ1n) is 8.30. The summed E-state index contributed by atoms with van der Waals surface area (Å²) in [7, 11) is 0. The lowest BCUT2D eigenvalue weighted by Crippen LogP contribution is -2.49. The summed E-state index contributed by atoms with van der Waals surface area (Å²) in [6.45, 7) is 5.13. The molecule has 126 valence electrons. The normalized spacial score (nSPS) is 18.7. The Bertz CT molecular complexity index is 510. The molecule has 0 aromatic heterocycles. The Balaban J connectivity index is 1.90. The van der Waals surface area contributed by atoms with Crippen molar-refractivity contribution in [3.8, 4) is 0 Å². The average Bonchev–Trinajstić information content (AvgIpc) is 3.07. The fourth-order valence-electron chi connectivity index (χ4n) is 2.70. The van der Waals surface area contributed by atoms with Crippen LogP contribution in [0, 0.1) is 5.92 Å². The van der Waals surface area contributed by atoms with Crippen molar-refractivity contribution in [1.29, 1.82) is 0 Å². The van der Waals surface area contributed by atoms with Gasteiger partial charge in [0, 0.05) is 0 Å². The molecule has 1 fully saturated rings. The Kier molecular flexibility index (Phi) is 6.59. The van der Waals surface area contributed by atoms with Crippen molar-refractivity contribution >= 4 is 11.9 Å². The van der Waals surface area contributed by atoms with Crippen LogP contribution in [0.5, 0.6) is 0 Å². The van der Waals surface area contributed by atoms with Crippen LogP contribution < -0.4 is 10.6 Å². The molecule has 2 rings (SSSR count). The second-order valence-electron chi connectivity index (χ2n) is 6.43. The standard InChI is InChI=1S/C18H26N2O3/c1-13(2)11-16(20-17(21)15-9-6-10-19-15)18(22)23-12-14-7-4-3-5-8-14/h3-5,7-8,13,15-16,19H,6,9-12H2,1-2H3,(H,20,21)/t15?,16-/m1/s1. The molecule has 1 aromatic rings. The molecule has 1 heterocycles. The first kappa shape index (κ1) is 17.5. The van der Waals surface area contributed by atoms with Crippen LogP contribution in [0.15, 0.2) is 30.3 Å². The van der Waals surface area contributed by atoms with Crippen LogP contribution in [0.25, 0.3) is 0 Å². The lowest BCUT2D eigenvalue weighted by atomic mass is 10.0. The number of carbonyl (C=O) groups is 2. The highest BCUT2D eigenvalue weighted by Crippen LogP contribution is 2.11. The zero-order chi connectivity index (χ0) is 16.7. The van der Waals surface area contributed by atoms with E-state index in [0.717, 1.165) is 24.9 Å². The summed E-state index contributed by atoms with van der Waals surface area (Å²) in [5.74, 6) is -0.181. The van der Waals surface area contributed by atoms with Gasteiger partial charge in [-0.3, -0.25) is 4.79 Å². The van der Waals surface area contributed by atoms with Gasteiger partial charge in [0.1, 0.15) is 12.6 Å². The summed E-state index contributed by atoms with van der Waals surface area (Å²) >= 11 is 0. The molecule has 1 saturated heterocycles. The van der Waals surface area contributed by atoms with Crippen LogP contribution in [-0.4, -0.2) is 30.5 Å². The van der Waals surface area contributed by atoms with Crippen molar-refractivity contribution in [2.75, 3.05) is 6.54 Å². The molecule has 0 bridgehead atoms. The van der Waals surface area contributed by atoms with Gasteiger partial charge in [-0.15, -0.1) is 0 Å². The molecule has 1 amide bonds. The van der Waals surface area contributed by atoms with Gasteiger partial charge in [-0.1, -0.05) is 44.2 Å². The van der Waals surface area contributed by atoms with E-state index in [2.05, 4.69) is 10.6 Å². The van der Waals surface area contributed by atoms with E-state index < -0.39 is 6.04 Å². The SMILES string of the molecule is CC(C)C[C@@H](NC(=O)C1CCCN1)C(=O)OCc1ccccc1. The maximum Gasteiger partial charge on any atom is 0.328 e. The minimum atomic E-state index is -0.589. The van der Waals surface area contributed by atoms with Gasteiger partial charge in [0.2, 0.25) is 5.91 Å². The highest BCUT2D eigenvalue weighted by atomic mass is 16.5. The number of ether oxygens (including phenoxy) is 1. The van der Waals surface area contributed by atoms with Crippen LogP contribution >= 0.6 is 0 Å². The van der Waals surface area contributed by atoms with Crippen LogP contribution in [0.3, 0.4) is 0 Å². The van der Waals surface area contributed by atoms with Crippen LogP contribution in [-0.2, 0) is 20.9 Å². The molecule has 1 unspecified atom stereocenters. The van der Waals surface area contributed by atoms with Crippen molar-refractivity contribution in [3.05, 3.63) is 35.9 Å². The van der Waals surface area contributed by atoms with Crippen molar-refractivity contribution in [2.24, 2.45) is 5.92 Å². The van der Waals surface area contributed by atoms with Gasteiger partial charge in [-0.05, 0) is 37.3 Å². The highest BCUT2D eigenvalue weighted by molar-refractivity contribution is 5.87. The van der Waals surface area contributed by atoms with Crippen LogP contribution in [0.1, 0.15) is 38.7 Å². The number of carbonyl (C=O) groups excluding carboxylic acids is 2. The first-order valence-corrected chi connectivity index (χ1v) is 8.30. The largest absolute Gasteiger partial charge is 0.459 e. The molecule has 2 atom stereocenters. The monoisotopic (exact) mass is 318 g/mol. The van der Waals surface area contributed by atoms with Crippen molar-refractivity contribution in [3.63, 3.8) is 0 Å². The van der Waals surface area contributed by atoms with Gasteiger partial charge in [0.15, 0.2) is 0 Å². The second-order valence-corrected chi connectivity index (χ2v) is 6.43. The molecule has 5 heteroatoms. The summed E-state index contributed by atoms with van der Waals surface area (Å²) in [6.07, 6.45) is 2.39. The van der Waals surface area contributed by atoms with E-state index in [-0.39, 0.29) is 24.5 Å². The average molecular weight is 318 g/mol. The fraction of sp³-hybridized carbons (Fsp3) is 0.556. The van der Waals surface area contributed by atoms with E-state index in [9.17, 15) is 9.59 Å². The minimum absolute atomic E-state index is 0.107. The lowest BCUT2D eigenvalue weighted by Gasteiger charge is -2.21. The number of benzene rings is 1. The highest BCUT2D eigenvalue weighted by Gasteiger charge is 2.28. The molecule has 1 aliphatic rings. The third-order valence-electron chi connectivity index (χ3n) is 3.91. The number of hydrogen-bond donors (Lipinski definition) is 2. The molecule has 0 saturated carbocycles. The van der Waals surface area contributed by atoms with Crippen LogP contribution in [0.4, 0.5) is 0 Å². The predicted octanol–water partition coefficient (Wildman–Crippen LogP) is 2.01. The van der Waals surface area contributed by atoms with Gasteiger partial charge in [0.05, 0.1) is 6.04 Å². The predicted molar refractivity (Wildman–Crippen MR) is 88.6 cm³/mol. The molecule has 1 aliphatic heterocycles. The second kappa shape index (κ2) is 8.67. The van der Waals surface area contributed by atoms with Gasteiger partial charge < -0.3 is 15.4 Å². The van der Waals surface area contributed by atoms with E-state index in [4.69, 9.17) is 4.74 Å². The molecule has 5 nitrogen and oxygen atoms in total. The number of rotatable bonds is 7. The van der Waals surface area contributed by atoms with Crippen molar-refractivity contribution < 1.29 is 14.3 Å². The lowest BCUT2D eigenvalue weighted by molar-refractivity contribution is -0.149. The minimum Gasteiger partial charge on any atom is -0.459 e. The zero-order valence-electron chi connectivity index (χ0n) is 13.9. The molecule has 0 aliphatic carbocycles. The molecular formula is C18H26N2O3. The smallest absolute Gasteiger partial charge is 0.328 e. The van der Waals surface area contributed by atoms with Crippen molar-refractivity contribution in [2.45, 2.75) is 51.8 Å². The molecule has 2 N–H and O–H groups in total. The zero-order valence-corrected chi connectivity index (χ0v) is 13.9. The molecule has 1 aromatic carbocycles. The summed E-state index contributed by atoms with van der Waals surface area (Å²) in [6, 6.07) is 8.77. The van der Waals surface area contributed by atoms with E-state index in [1.54, 1.807) is 0 Å². The van der Waals surface area contributed by atoms with E-state index in [0.29, 0.717) is 12.3 Å². The summed E-state index contributed by atoms with van der Waals surface area (Å²) in [5, 5.41) is 6.00. The van der Waals surface area contributed by atoms with E-state index in [1.165, 1.54) is 0 Å². The third-order valence-corrected chi connectivity index (χ3v) is 3.91.